The van der Waals surface area contributed by atoms with Gasteiger partial charge in [-0.15, -0.1) is 0 Å². The molecule has 33 heavy (non-hydrogen) atoms. The van der Waals surface area contributed by atoms with E-state index in [1.807, 2.05) is 6.08 Å². The molecule has 1 aromatic carbocycles. The van der Waals surface area contributed by atoms with Gasteiger partial charge in [0.05, 0.1) is 5.56 Å². The average molecular weight is 460 g/mol. The van der Waals surface area contributed by atoms with Crippen LogP contribution in [0.3, 0.4) is 0 Å². The highest BCUT2D eigenvalue weighted by molar-refractivity contribution is 5.27. The first kappa shape index (κ1) is 25.3. The number of nitriles is 1. The van der Waals surface area contributed by atoms with Crippen molar-refractivity contribution in [1.82, 2.24) is 0 Å². The summed E-state index contributed by atoms with van der Waals surface area (Å²) in [5.41, 5.74) is 0.460. The summed E-state index contributed by atoms with van der Waals surface area (Å²) in [6.45, 7) is 0. The molecule has 0 radical (unpaired) electrons. The fourth-order valence-corrected chi connectivity index (χ4v) is 5.19. The maximum absolute atomic E-state index is 12.8. The minimum absolute atomic E-state index is 0.369. The second-order valence-electron chi connectivity index (χ2n) is 9.53. The van der Waals surface area contributed by atoms with Crippen LogP contribution in [0.4, 0.5) is 17.6 Å². The van der Waals surface area contributed by atoms with E-state index < -0.39 is 17.6 Å². The molecule has 0 bridgehead atoms. The van der Waals surface area contributed by atoms with Crippen molar-refractivity contribution in [2.24, 2.45) is 17.8 Å². The fourth-order valence-electron chi connectivity index (χ4n) is 5.19. The molecule has 0 saturated heterocycles. The highest BCUT2D eigenvalue weighted by Gasteiger charge is 2.30. The number of alkyl halides is 3. The van der Waals surface area contributed by atoms with Crippen LogP contribution in [0.2, 0.25) is 0 Å². The molecule has 1 nitrogen and oxygen atoms in total. The minimum atomic E-state index is -4.27. The lowest BCUT2D eigenvalue weighted by Crippen LogP contribution is -2.14. The zero-order chi connectivity index (χ0) is 23.7. The first-order valence-electron chi connectivity index (χ1n) is 12.1. The molecule has 0 aromatic heterocycles. The Labute approximate surface area is 194 Å². The van der Waals surface area contributed by atoms with Gasteiger partial charge in [0.15, 0.2) is 5.83 Å². The first-order chi connectivity index (χ1) is 15.8. The number of benzene rings is 1. The van der Waals surface area contributed by atoms with E-state index in [9.17, 15) is 17.6 Å². The van der Waals surface area contributed by atoms with Crippen molar-refractivity contribution >= 4 is 0 Å². The third kappa shape index (κ3) is 8.18. The maximum Gasteiger partial charge on any atom is 0.416 e. The highest BCUT2D eigenvalue weighted by Crippen LogP contribution is 2.39. The SMILES string of the molecule is N#CC(F)=CC=CCCC1CCC(/C=C/C2CCC(c3ccc(C(F)(F)F)cc3)CC2)CC1. The molecule has 1 aromatic rings. The smallest absolute Gasteiger partial charge is 0.195 e. The number of allylic oxidation sites excluding steroid dienone is 6. The van der Waals surface area contributed by atoms with Gasteiger partial charge in [0.1, 0.15) is 6.07 Å². The normalized spacial score (nSPS) is 27.2. The van der Waals surface area contributed by atoms with Crippen LogP contribution in [0.25, 0.3) is 0 Å². The molecule has 3 rings (SSSR count). The Morgan fingerprint density at radius 2 is 1.48 bits per heavy atom. The molecule has 0 N–H and O–H groups in total. The summed E-state index contributed by atoms with van der Waals surface area (Å²) >= 11 is 0. The minimum Gasteiger partial charge on any atom is -0.195 e. The monoisotopic (exact) mass is 459 g/mol. The lowest BCUT2D eigenvalue weighted by atomic mass is 9.77. The van der Waals surface area contributed by atoms with Crippen LogP contribution in [0, 0.1) is 29.1 Å². The number of halogens is 4. The van der Waals surface area contributed by atoms with Gasteiger partial charge in [-0.05, 0) is 112 Å². The van der Waals surface area contributed by atoms with E-state index in [0.717, 1.165) is 50.0 Å². The largest absolute Gasteiger partial charge is 0.416 e. The van der Waals surface area contributed by atoms with E-state index in [4.69, 9.17) is 5.26 Å². The molecule has 5 heteroatoms. The standard InChI is InChI=1S/C28H33F4N/c29-27(20-33)5-3-1-2-4-21-6-8-22(9-7-21)10-11-23-12-14-24(15-13-23)25-16-18-26(19-17-25)28(30,31)32/h1,3,5,10-11,16-19,21-24H,2,4,6-9,12-15H2/b3-1?,11-10+,27-5?. The van der Waals surface area contributed by atoms with Crippen molar-refractivity contribution in [2.75, 3.05) is 0 Å². The van der Waals surface area contributed by atoms with Crippen molar-refractivity contribution in [3.05, 3.63) is 71.6 Å². The van der Waals surface area contributed by atoms with Crippen molar-refractivity contribution in [3.63, 3.8) is 0 Å². The van der Waals surface area contributed by atoms with Crippen LogP contribution >= 0.6 is 0 Å². The Hall–Kier alpha value is -2.35. The van der Waals surface area contributed by atoms with E-state index in [1.54, 1.807) is 18.2 Å². The Bertz CT molecular complexity index is 857. The van der Waals surface area contributed by atoms with Crippen LogP contribution in [0.1, 0.15) is 81.3 Å². The molecule has 2 fully saturated rings. The summed E-state index contributed by atoms with van der Waals surface area (Å²) in [4.78, 5) is 0. The number of hydrogen-bond acceptors (Lipinski definition) is 1. The molecule has 178 valence electrons. The number of rotatable bonds is 7. The number of nitrogens with zero attached hydrogens (tertiary/aromatic N) is 1. The predicted molar refractivity (Wildman–Crippen MR) is 124 cm³/mol. The summed E-state index contributed by atoms with van der Waals surface area (Å²) in [6, 6.07) is 7.18. The molecular weight excluding hydrogens is 426 g/mol. The summed E-state index contributed by atoms with van der Waals surface area (Å²) in [5.74, 6) is 1.57. The lowest BCUT2D eigenvalue weighted by molar-refractivity contribution is -0.137. The highest BCUT2D eigenvalue weighted by atomic mass is 19.4. The third-order valence-corrected chi connectivity index (χ3v) is 7.26. The molecule has 2 aliphatic carbocycles. The van der Waals surface area contributed by atoms with Gasteiger partial charge in [0, 0.05) is 0 Å². The van der Waals surface area contributed by atoms with Crippen LogP contribution in [-0.4, -0.2) is 0 Å². The maximum atomic E-state index is 12.8. The molecule has 0 aliphatic heterocycles. The number of hydrogen-bond donors (Lipinski definition) is 0. The van der Waals surface area contributed by atoms with Gasteiger partial charge in [-0.25, -0.2) is 0 Å². The summed E-state index contributed by atoms with van der Waals surface area (Å²) in [7, 11) is 0. The van der Waals surface area contributed by atoms with Crippen LogP contribution in [-0.2, 0) is 6.18 Å². The van der Waals surface area contributed by atoms with Gasteiger partial charge in [0.2, 0.25) is 0 Å². The fraction of sp³-hybridized carbons (Fsp3) is 0.536. The first-order valence-corrected chi connectivity index (χ1v) is 12.1. The zero-order valence-corrected chi connectivity index (χ0v) is 19.0. The van der Waals surface area contributed by atoms with Gasteiger partial charge >= 0.3 is 6.18 Å². The summed E-state index contributed by atoms with van der Waals surface area (Å²) in [6.07, 6.45) is 16.5. The van der Waals surface area contributed by atoms with E-state index >= 15 is 0 Å². The molecule has 0 amide bonds. The van der Waals surface area contributed by atoms with Crippen LogP contribution in [0.15, 0.2) is 60.5 Å². The molecule has 2 saturated carbocycles. The van der Waals surface area contributed by atoms with Crippen molar-refractivity contribution in [3.8, 4) is 6.07 Å². The van der Waals surface area contributed by atoms with Gasteiger partial charge in [-0.3, -0.25) is 0 Å². The second-order valence-corrected chi connectivity index (χ2v) is 9.53. The van der Waals surface area contributed by atoms with Crippen molar-refractivity contribution in [1.29, 1.82) is 5.26 Å². The second kappa shape index (κ2) is 12.2. The van der Waals surface area contributed by atoms with E-state index in [-0.39, 0.29) is 0 Å². The molecule has 0 unspecified atom stereocenters. The molecule has 0 spiro atoms. The third-order valence-electron chi connectivity index (χ3n) is 7.26. The Morgan fingerprint density at radius 1 is 0.909 bits per heavy atom. The predicted octanol–water partition coefficient (Wildman–Crippen LogP) is 9.06. The lowest BCUT2D eigenvalue weighted by Gasteiger charge is -2.29. The summed E-state index contributed by atoms with van der Waals surface area (Å²) in [5, 5.41) is 8.37. The van der Waals surface area contributed by atoms with Crippen molar-refractivity contribution < 1.29 is 17.6 Å². The Balaban J connectivity index is 1.35. The van der Waals surface area contributed by atoms with Gasteiger partial charge in [0.25, 0.3) is 0 Å². The Kier molecular flexibility index (Phi) is 9.35. The van der Waals surface area contributed by atoms with Crippen molar-refractivity contribution in [2.45, 2.75) is 76.3 Å². The van der Waals surface area contributed by atoms with Crippen LogP contribution < -0.4 is 0 Å². The van der Waals surface area contributed by atoms with E-state index in [0.29, 0.717) is 17.8 Å². The molecule has 2 aliphatic rings. The van der Waals surface area contributed by atoms with E-state index in [1.165, 1.54) is 50.0 Å². The molecule has 0 atom stereocenters. The topological polar surface area (TPSA) is 23.8 Å². The quantitative estimate of drug-likeness (QED) is 0.173. The van der Waals surface area contributed by atoms with Gasteiger partial charge < -0.3 is 0 Å². The van der Waals surface area contributed by atoms with Crippen LogP contribution in [0.5, 0.6) is 0 Å². The Morgan fingerprint density at radius 3 is 2.03 bits per heavy atom. The molecular formula is C28H33F4N. The van der Waals surface area contributed by atoms with Gasteiger partial charge in [-0.2, -0.15) is 22.8 Å². The van der Waals surface area contributed by atoms with E-state index in [2.05, 4.69) is 12.2 Å². The van der Waals surface area contributed by atoms with Gasteiger partial charge in [-0.1, -0.05) is 36.4 Å². The average Bonchev–Trinajstić information content (AvgIpc) is 2.83. The zero-order valence-electron chi connectivity index (χ0n) is 19.0. The molecule has 0 heterocycles. The summed E-state index contributed by atoms with van der Waals surface area (Å²) < 4.78 is 51.0.